The van der Waals surface area contributed by atoms with Gasteiger partial charge in [0.1, 0.15) is 5.82 Å². The summed E-state index contributed by atoms with van der Waals surface area (Å²) < 4.78 is 4.30. The van der Waals surface area contributed by atoms with E-state index >= 15 is 0 Å². The molecule has 0 bridgehead atoms. The second-order valence-corrected chi connectivity index (χ2v) is 6.46. The minimum Gasteiger partial charge on any atom is -0.387 e. The van der Waals surface area contributed by atoms with Crippen molar-refractivity contribution in [3.05, 3.63) is 39.6 Å². The summed E-state index contributed by atoms with van der Waals surface area (Å²) in [5.74, 6) is 1.45. The van der Waals surface area contributed by atoms with Crippen LogP contribution in [0.2, 0.25) is 10.0 Å². The van der Waals surface area contributed by atoms with Crippen molar-refractivity contribution in [2.24, 2.45) is 0 Å². The van der Waals surface area contributed by atoms with Crippen molar-refractivity contribution in [2.75, 3.05) is 11.9 Å². The molecule has 0 radical (unpaired) electrons. The predicted molar refractivity (Wildman–Crippen MR) is 81.8 cm³/mol. The Labute approximate surface area is 130 Å². The molecule has 1 aliphatic rings. The van der Waals surface area contributed by atoms with Crippen LogP contribution in [-0.4, -0.2) is 21.0 Å². The zero-order valence-electron chi connectivity index (χ0n) is 10.5. The number of benzene rings is 1. The average Bonchev–Trinajstić information content (AvgIpc) is 3.14. The van der Waals surface area contributed by atoms with Crippen molar-refractivity contribution in [3.63, 3.8) is 0 Å². The van der Waals surface area contributed by atoms with Crippen LogP contribution >= 0.6 is 34.7 Å². The third-order valence-electron chi connectivity index (χ3n) is 3.10. The number of aliphatic hydroxyl groups excluding tert-OH is 1. The van der Waals surface area contributed by atoms with Gasteiger partial charge >= 0.3 is 0 Å². The van der Waals surface area contributed by atoms with Crippen molar-refractivity contribution in [1.82, 2.24) is 9.36 Å². The zero-order chi connectivity index (χ0) is 14.1. The molecule has 20 heavy (non-hydrogen) atoms. The Morgan fingerprint density at radius 3 is 2.65 bits per heavy atom. The quantitative estimate of drug-likeness (QED) is 0.874. The first kappa shape index (κ1) is 14.1. The molecule has 0 aliphatic heterocycles. The second-order valence-electron chi connectivity index (χ2n) is 4.83. The van der Waals surface area contributed by atoms with Crippen molar-refractivity contribution in [2.45, 2.75) is 24.9 Å². The van der Waals surface area contributed by atoms with Crippen LogP contribution in [-0.2, 0) is 0 Å². The number of halogens is 2. The molecule has 0 spiro atoms. The Morgan fingerprint density at radius 2 is 2.00 bits per heavy atom. The molecule has 106 valence electrons. The number of aliphatic hydroxyl groups is 1. The number of rotatable bonds is 5. The monoisotopic (exact) mass is 329 g/mol. The van der Waals surface area contributed by atoms with Crippen molar-refractivity contribution < 1.29 is 5.11 Å². The molecule has 0 amide bonds. The van der Waals surface area contributed by atoms with Gasteiger partial charge in [0, 0.05) is 34.0 Å². The van der Waals surface area contributed by atoms with Crippen LogP contribution in [0.5, 0.6) is 0 Å². The van der Waals surface area contributed by atoms with Crippen molar-refractivity contribution >= 4 is 39.9 Å². The molecule has 1 saturated carbocycles. The molecule has 4 nitrogen and oxygen atoms in total. The van der Waals surface area contributed by atoms with Gasteiger partial charge in [-0.25, -0.2) is 4.98 Å². The summed E-state index contributed by atoms with van der Waals surface area (Å²) in [6, 6.07) is 5.05. The Balaban J connectivity index is 1.61. The van der Waals surface area contributed by atoms with Crippen LogP contribution in [0.25, 0.3) is 0 Å². The fourth-order valence-electron chi connectivity index (χ4n) is 1.88. The maximum atomic E-state index is 10.1. The third-order valence-corrected chi connectivity index (χ3v) is 4.22. The zero-order valence-corrected chi connectivity index (χ0v) is 12.8. The highest BCUT2D eigenvalue weighted by atomic mass is 35.5. The first-order chi connectivity index (χ1) is 9.61. The molecule has 7 heteroatoms. The summed E-state index contributed by atoms with van der Waals surface area (Å²) in [4.78, 5) is 4.41. The second kappa shape index (κ2) is 5.85. The highest BCUT2D eigenvalue weighted by Gasteiger charge is 2.27. The van der Waals surface area contributed by atoms with Crippen molar-refractivity contribution in [3.8, 4) is 0 Å². The predicted octanol–water partition coefficient (Wildman–Crippen LogP) is 3.87. The average molecular weight is 330 g/mol. The van der Waals surface area contributed by atoms with Crippen LogP contribution < -0.4 is 5.32 Å². The van der Waals surface area contributed by atoms with E-state index in [1.165, 1.54) is 24.4 Å². The first-order valence-electron chi connectivity index (χ1n) is 6.33. The van der Waals surface area contributed by atoms with E-state index in [-0.39, 0.29) is 0 Å². The van der Waals surface area contributed by atoms with Crippen LogP contribution in [0, 0.1) is 0 Å². The maximum absolute atomic E-state index is 10.1. The van der Waals surface area contributed by atoms with Gasteiger partial charge in [0.05, 0.1) is 6.10 Å². The molecule has 1 aromatic heterocycles. The minimum absolute atomic E-state index is 0.343. The van der Waals surface area contributed by atoms with E-state index < -0.39 is 6.10 Å². The normalized spacial score (nSPS) is 16.1. The number of anilines is 1. The fourth-order valence-corrected chi connectivity index (χ4v) is 3.08. The molecule has 1 heterocycles. The van der Waals surface area contributed by atoms with E-state index in [1.807, 2.05) is 0 Å². The van der Waals surface area contributed by atoms with E-state index in [2.05, 4.69) is 14.7 Å². The van der Waals surface area contributed by atoms with Crippen LogP contribution in [0.3, 0.4) is 0 Å². The van der Waals surface area contributed by atoms with Gasteiger partial charge in [0.2, 0.25) is 5.13 Å². The van der Waals surface area contributed by atoms with Crippen LogP contribution in [0.15, 0.2) is 18.2 Å². The smallest absolute Gasteiger partial charge is 0.202 e. The molecule has 1 unspecified atom stereocenters. The Morgan fingerprint density at radius 1 is 1.30 bits per heavy atom. The van der Waals surface area contributed by atoms with E-state index in [4.69, 9.17) is 23.2 Å². The highest BCUT2D eigenvalue weighted by Crippen LogP contribution is 2.39. The standard InChI is InChI=1S/C13H13Cl2N3OS/c14-9-3-8(4-10(15)5-9)11(19)6-16-13-17-12(18-20-13)7-1-2-7/h3-5,7,11,19H,1-2,6H2,(H,16,17,18). The van der Waals surface area contributed by atoms with Gasteiger partial charge in [0.25, 0.3) is 0 Å². The van der Waals surface area contributed by atoms with E-state index in [1.54, 1.807) is 18.2 Å². The van der Waals surface area contributed by atoms with Crippen LogP contribution in [0.4, 0.5) is 5.13 Å². The van der Waals surface area contributed by atoms with Gasteiger partial charge in [-0.05, 0) is 36.6 Å². The number of nitrogens with zero attached hydrogens (tertiary/aromatic N) is 2. The first-order valence-corrected chi connectivity index (χ1v) is 7.86. The molecule has 1 atom stereocenters. The number of aromatic nitrogens is 2. The van der Waals surface area contributed by atoms with Gasteiger partial charge < -0.3 is 10.4 Å². The maximum Gasteiger partial charge on any atom is 0.202 e. The third kappa shape index (κ3) is 3.41. The van der Waals surface area contributed by atoms with Crippen molar-refractivity contribution in [1.29, 1.82) is 0 Å². The molecule has 0 saturated heterocycles. The largest absolute Gasteiger partial charge is 0.387 e. The van der Waals surface area contributed by atoms with Crippen LogP contribution in [0.1, 0.15) is 36.3 Å². The summed E-state index contributed by atoms with van der Waals surface area (Å²) in [7, 11) is 0. The lowest BCUT2D eigenvalue weighted by atomic mass is 10.1. The molecular weight excluding hydrogens is 317 g/mol. The molecule has 2 N–H and O–H groups in total. The topological polar surface area (TPSA) is 58.0 Å². The van der Waals surface area contributed by atoms with Gasteiger partial charge in [-0.1, -0.05) is 23.2 Å². The van der Waals surface area contributed by atoms with Gasteiger partial charge in [-0.3, -0.25) is 0 Å². The summed E-state index contributed by atoms with van der Waals surface area (Å²) >= 11 is 13.2. The molecule has 2 aromatic rings. The number of nitrogens with one attached hydrogen (secondary N) is 1. The lowest BCUT2D eigenvalue weighted by molar-refractivity contribution is 0.191. The van der Waals surface area contributed by atoms with E-state index in [9.17, 15) is 5.11 Å². The SMILES string of the molecule is OC(CNc1nc(C2CC2)ns1)c1cc(Cl)cc(Cl)c1. The molecule has 1 aromatic carbocycles. The van der Waals surface area contributed by atoms with Gasteiger partial charge in [-0.15, -0.1) is 0 Å². The van der Waals surface area contributed by atoms with Gasteiger partial charge in [0.15, 0.2) is 0 Å². The summed E-state index contributed by atoms with van der Waals surface area (Å²) in [6.07, 6.45) is 1.67. The molecule has 1 aliphatic carbocycles. The van der Waals surface area contributed by atoms with Gasteiger partial charge in [-0.2, -0.15) is 4.37 Å². The number of hydrogen-bond donors (Lipinski definition) is 2. The molecule has 3 rings (SSSR count). The number of hydrogen-bond acceptors (Lipinski definition) is 5. The Kier molecular flexibility index (Phi) is 4.12. The lowest BCUT2D eigenvalue weighted by Crippen LogP contribution is -2.12. The minimum atomic E-state index is -0.695. The summed E-state index contributed by atoms with van der Waals surface area (Å²) in [6.45, 7) is 0.343. The molecular formula is C13H13Cl2N3OS. The summed E-state index contributed by atoms with van der Waals surface area (Å²) in [5, 5.41) is 15.0. The Hall–Kier alpha value is -0.880. The highest BCUT2D eigenvalue weighted by molar-refractivity contribution is 7.09. The Bertz CT molecular complexity index is 595. The fraction of sp³-hybridized carbons (Fsp3) is 0.385. The van der Waals surface area contributed by atoms with E-state index in [0.29, 0.717) is 28.1 Å². The molecule has 1 fully saturated rings. The summed E-state index contributed by atoms with van der Waals surface area (Å²) in [5.41, 5.74) is 0.682. The van der Waals surface area contributed by atoms with E-state index in [0.717, 1.165) is 11.0 Å². The lowest BCUT2D eigenvalue weighted by Gasteiger charge is -2.12.